The van der Waals surface area contributed by atoms with Crippen LogP contribution in [0.4, 0.5) is 10.1 Å². The average molecular weight is 270 g/mol. The molecule has 98 valence electrons. The van der Waals surface area contributed by atoms with E-state index in [1.807, 2.05) is 0 Å². The Morgan fingerprint density at radius 1 is 1.61 bits per heavy atom. The number of carbonyl (C=O) groups excluding carboxylic acids is 1. The molecule has 1 aliphatic rings. The molecule has 0 unspecified atom stereocenters. The maximum Gasteiger partial charge on any atom is 0.345 e. The third kappa shape index (κ3) is 3.95. The summed E-state index contributed by atoms with van der Waals surface area (Å²) >= 11 is 0.999. The highest BCUT2D eigenvalue weighted by Gasteiger charge is 2.22. The van der Waals surface area contributed by atoms with Crippen molar-refractivity contribution < 1.29 is 9.72 Å². The Kier molecular flexibility index (Phi) is 4.08. The first-order chi connectivity index (χ1) is 8.65. The van der Waals surface area contributed by atoms with Crippen molar-refractivity contribution in [3.05, 3.63) is 16.3 Å². The topological polar surface area (TPSA) is 97.2 Å². The van der Waals surface area contributed by atoms with Crippen LogP contribution in [0.1, 0.15) is 25.7 Å². The van der Waals surface area contributed by atoms with E-state index < -0.39 is 4.92 Å². The molecule has 1 heterocycles. The van der Waals surface area contributed by atoms with Crippen LogP contribution in [0.5, 0.6) is 0 Å². The molecule has 2 N–H and O–H groups in total. The number of hydrogen-bond acceptors (Lipinski definition) is 6. The molecule has 0 bridgehead atoms. The molecule has 0 saturated heterocycles. The molecule has 0 aromatic carbocycles. The minimum absolute atomic E-state index is 0.0176. The van der Waals surface area contributed by atoms with Gasteiger partial charge in [-0.05, 0) is 30.6 Å². The molecule has 0 aliphatic heterocycles. The van der Waals surface area contributed by atoms with Crippen LogP contribution in [0.3, 0.4) is 0 Å². The Morgan fingerprint density at radius 3 is 3.00 bits per heavy atom. The van der Waals surface area contributed by atoms with E-state index in [0.29, 0.717) is 30.6 Å². The van der Waals surface area contributed by atoms with Crippen molar-refractivity contribution in [3.8, 4) is 0 Å². The number of nitro groups is 1. The molecule has 18 heavy (non-hydrogen) atoms. The highest BCUT2D eigenvalue weighted by atomic mass is 32.1. The molecule has 1 aromatic rings. The Labute approximate surface area is 108 Å². The van der Waals surface area contributed by atoms with Crippen LogP contribution in [0, 0.1) is 10.1 Å². The van der Waals surface area contributed by atoms with Gasteiger partial charge >= 0.3 is 5.00 Å². The van der Waals surface area contributed by atoms with Gasteiger partial charge in [-0.25, -0.2) is 4.98 Å². The Bertz CT molecular complexity index is 444. The first-order valence-electron chi connectivity index (χ1n) is 5.78. The van der Waals surface area contributed by atoms with E-state index >= 15 is 0 Å². The van der Waals surface area contributed by atoms with Crippen molar-refractivity contribution >= 4 is 27.4 Å². The number of thiazole rings is 1. The van der Waals surface area contributed by atoms with Gasteiger partial charge < -0.3 is 10.6 Å². The SMILES string of the molecule is O=C(CCCNc1ncc([N+](=O)[O-])s1)NC1CC1. The van der Waals surface area contributed by atoms with E-state index in [9.17, 15) is 14.9 Å². The maximum atomic E-state index is 11.4. The van der Waals surface area contributed by atoms with Gasteiger partial charge in [-0.15, -0.1) is 0 Å². The number of anilines is 1. The Hall–Kier alpha value is -1.70. The summed E-state index contributed by atoms with van der Waals surface area (Å²) in [5.74, 6) is 0.0735. The molecule has 1 fully saturated rings. The van der Waals surface area contributed by atoms with Crippen molar-refractivity contribution in [1.29, 1.82) is 0 Å². The fraction of sp³-hybridized carbons (Fsp3) is 0.600. The smallest absolute Gasteiger partial charge is 0.345 e. The highest BCUT2D eigenvalue weighted by Crippen LogP contribution is 2.24. The van der Waals surface area contributed by atoms with Gasteiger partial charge in [0.2, 0.25) is 5.91 Å². The molecule has 2 rings (SSSR count). The second-order valence-corrected chi connectivity index (χ2v) is 5.14. The van der Waals surface area contributed by atoms with Gasteiger partial charge in [0.05, 0.1) is 4.92 Å². The molecule has 0 spiro atoms. The van der Waals surface area contributed by atoms with Crippen molar-refractivity contribution in [2.45, 2.75) is 31.7 Å². The minimum atomic E-state index is -0.466. The summed E-state index contributed by atoms with van der Waals surface area (Å²) in [5.41, 5.74) is 0. The first kappa shape index (κ1) is 12.7. The molecular weight excluding hydrogens is 256 g/mol. The van der Waals surface area contributed by atoms with Gasteiger partial charge in [-0.2, -0.15) is 0 Å². The molecule has 0 atom stereocenters. The number of carbonyl (C=O) groups is 1. The fourth-order valence-electron chi connectivity index (χ4n) is 1.40. The van der Waals surface area contributed by atoms with Crippen LogP contribution >= 0.6 is 11.3 Å². The third-order valence-electron chi connectivity index (χ3n) is 2.47. The fourth-order valence-corrected chi connectivity index (χ4v) is 2.06. The van der Waals surface area contributed by atoms with E-state index in [-0.39, 0.29) is 10.9 Å². The summed E-state index contributed by atoms with van der Waals surface area (Å²) in [4.78, 5) is 25.2. The third-order valence-corrected chi connectivity index (χ3v) is 3.38. The highest BCUT2D eigenvalue weighted by molar-refractivity contribution is 7.18. The first-order valence-corrected chi connectivity index (χ1v) is 6.60. The second-order valence-electron chi connectivity index (χ2n) is 4.13. The number of aromatic nitrogens is 1. The van der Waals surface area contributed by atoms with Gasteiger partial charge in [0.25, 0.3) is 0 Å². The lowest BCUT2D eigenvalue weighted by Crippen LogP contribution is -2.25. The molecule has 8 heteroatoms. The number of nitrogens with one attached hydrogen (secondary N) is 2. The Balaban J connectivity index is 1.61. The van der Waals surface area contributed by atoms with Gasteiger partial charge in [-0.1, -0.05) is 0 Å². The zero-order valence-electron chi connectivity index (χ0n) is 9.72. The Morgan fingerprint density at radius 2 is 2.39 bits per heavy atom. The van der Waals surface area contributed by atoms with Crippen LogP contribution in [-0.2, 0) is 4.79 Å². The quantitative estimate of drug-likeness (QED) is 0.445. The van der Waals surface area contributed by atoms with Crippen LogP contribution in [-0.4, -0.2) is 28.4 Å². The van der Waals surface area contributed by atoms with Crippen molar-refractivity contribution in [1.82, 2.24) is 10.3 Å². The summed E-state index contributed by atoms with van der Waals surface area (Å²) < 4.78 is 0. The number of nitrogens with zero attached hydrogens (tertiary/aromatic N) is 2. The molecular formula is C10H14N4O3S. The lowest BCUT2D eigenvalue weighted by molar-refractivity contribution is -0.380. The largest absolute Gasteiger partial charge is 0.361 e. The van der Waals surface area contributed by atoms with Crippen molar-refractivity contribution in [2.24, 2.45) is 0 Å². The molecule has 1 aromatic heterocycles. The maximum absolute atomic E-state index is 11.4. The lowest BCUT2D eigenvalue weighted by atomic mass is 10.3. The van der Waals surface area contributed by atoms with Crippen LogP contribution < -0.4 is 10.6 Å². The summed E-state index contributed by atoms with van der Waals surface area (Å²) in [6, 6.07) is 0.395. The normalized spacial score (nSPS) is 14.2. The summed E-state index contributed by atoms with van der Waals surface area (Å²) in [6.45, 7) is 0.586. The second kappa shape index (κ2) is 5.76. The van der Waals surface area contributed by atoms with Crippen molar-refractivity contribution in [2.75, 3.05) is 11.9 Å². The molecule has 1 amide bonds. The standard InChI is InChI=1S/C10H14N4O3S/c15-8(13-7-3-4-7)2-1-5-11-10-12-6-9(18-10)14(16)17/h6-7H,1-5H2,(H,11,12)(H,13,15). The summed E-state index contributed by atoms with van der Waals surface area (Å²) in [5, 5.41) is 16.8. The van der Waals surface area contributed by atoms with E-state index in [1.54, 1.807) is 0 Å². The zero-order valence-corrected chi connectivity index (χ0v) is 10.5. The predicted molar refractivity (Wildman–Crippen MR) is 67.7 cm³/mol. The summed E-state index contributed by atoms with van der Waals surface area (Å²) in [6.07, 6.45) is 4.56. The van der Waals surface area contributed by atoms with E-state index in [2.05, 4.69) is 15.6 Å². The van der Waals surface area contributed by atoms with Crippen LogP contribution in [0.2, 0.25) is 0 Å². The zero-order chi connectivity index (χ0) is 13.0. The minimum Gasteiger partial charge on any atom is -0.361 e. The van der Waals surface area contributed by atoms with Gasteiger partial charge in [0.1, 0.15) is 6.20 Å². The van der Waals surface area contributed by atoms with Gasteiger partial charge in [-0.3, -0.25) is 14.9 Å². The molecule has 1 aliphatic carbocycles. The number of hydrogen-bond donors (Lipinski definition) is 2. The van der Waals surface area contributed by atoms with Gasteiger partial charge in [0, 0.05) is 19.0 Å². The van der Waals surface area contributed by atoms with E-state index in [0.717, 1.165) is 24.2 Å². The van der Waals surface area contributed by atoms with E-state index in [4.69, 9.17) is 0 Å². The molecule has 7 nitrogen and oxygen atoms in total. The van der Waals surface area contributed by atoms with E-state index in [1.165, 1.54) is 6.20 Å². The lowest BCUT2D eigenvalue weighted by Gasteiger charge is -2.03. The van der Waals surface area contributed by atoms with Crippen LogP contribution in [0.15, 0.2) is 6.20 Å². The molecule has 1 saturated carbocycles. The monoisotopic (exact) mass is 270 g/mol. The summed E-state index contributed by atoms with van der Waals surface area (Å²) in [7, 11) is 0. The van der Waals surface area contributed by atoms with Gasteiger partial charge in [0.15, 0.2) is 5.13 Å². The van der Waals surface area contributed by atoms with Crippen molar-refractivity contribution in [3.63, 3.8) is 0 Å². The predicted octanol–water partition coefficient (Wildman–Crippen LogP) is 1.52. The number of rotatable bonds is 7. The number of amides is 1. The average Bonchev–Trinajstić information content (AvgIpc) is 2.99. The molecule has 0 radical (unpaired) electrons. The van der Waals surface area contributed by atoms with Crippen LogP contribution in [0.25, 0.3) is 0 Å².